The summed E-state index contributed by atoms with van der Waals surface area (Å²) in [6.45, 7) is 3.26. The lowest BCUT2D eigenvalue weighted by Gasteiger charge is -2.32. The Bertz CT molecular complexity index is 686. The zero-order chi connectivity index (χ0) is 16.5. The van der Waals surface area contributed by atoms with Gasteiger partial charge >= 0.3 is 0 Å². The number of rotatable bonds is 4. The summed E-state index contributed by atoms with van der Waals surface area (Å²) in [4.78, 5) is 13.5. The topological polar surface area (TPSA) is 82.8 Å². The minimum absolute atomic E-state index is 0.00882. The van der Waals surface area contributed by atoms with Crippen molar-refractivity contribution in [3.63, 3.8) is 0 Å². The Balaban J connectivity index is 2.33. The van der Waals surface area contributed by atoms with Crippen molar-refractivity contribution in [1.29, 1.82) is 5.26 Å². The Kier molecular flexibility index (Phi) is 4.11. The highest BCUT2D eigenvalue weighted by Gasteiger charge is 2.45. The van der Waals surface area contributed by atoms with Crippen molar-refractivity contribution in [2.75, 3.05) is 14.2 Å². The first kappa shape index (κ1) is 15.9. The average molecular weight is 302 g/mol. The third-order valence-electron chi connectivity index (χ3n) is 3.97. The molecular formula is C16H18N2O4. The number of carbonyl (C=O) groups excluding carboxylic acids is 1. The first-order valence-electron chi connectivity index (χ1n) is 6.73. The van der Waals surface area contributed by atoms with Gasteiger partial charge in [0, 0.05) is 12.1 Å². The highest BCUT2D eigenvalue weighted by atomic mass is 16.5. The third-order valence-corrected chi connectivity index (χ3v) is 3.97. The second-order valence-electron chi connectivity index (χ2n) is 5.21. The minimum Gasteiger partial charge on any atom is -0.493 e. The fourth-order valence-corrected chi connectivity index (χ4v) is 2.45. The van der Waals surface area contributed by atoms with Crippen LogP contribution in [0.15, 0.2) is 29.3 Å². The van der Waals surface area contributed by atoms with Crippen molar-refractivity contribution < 1.29 is 19.4 Å². The zero-order valence-corrected chi connectivity index (χ0v) is 13.0. The van der Waals surface area contributed by atoms with Gasteiger partial charge in [0.15, 0.2) is 17.2 Å². The Morgan fingerprint density at radius 2 is 1.95 bits per heavy atom. The van der Waals surface area contributed by atoms with Crippen LogP contribution in [0.1, 0.15) is 19.4 Å². The van der Waals surface area contributed by atoms with E-state index >= 15 is 0 Å². The van der Waals surface area contributed by atoms with Crippen LogP contribution in [-0.4, -0.2) is 35.9 Å². The Hall–Kier alpha value is -2.52. The molecule has 1 unspecified atom stereocenters. The second-order valence-corrected chi connectivity index (χ2v) is 5.21. The van der Waals surface area contributed by atoms with Gasteiger partial charge in [-0.2, -0.15) is 5.26 Å². The molecule has 1 amide bonds. The minimum atomic E-state index is -1.48. The van der Waals surface area contributed by atoms with E-state index in [0.29, 0.717) is 17.1 Å². The monoisotopic (exact) mass is 302 g/mol. The summed E-state index contributed by atoms with van der Waals surface area (Å²) in [6.07, 6.45) is 0. The summed E-state index contributed by atoms with van der Waals surface area (Å²) in [5, 5.41) is 19.6. The predicted octanol–water partition coefficient (Wildman–Crippen LogP) is 1.59. The summed E-state index contributed by atoms with van der Waals surface area (Å²) < 4.78 is 10.4. The number of nitrogens with zero attached hydrogens (tertiary/aromatic N) is 2. The molecule has 116 valence electrons. The third kappa shape index (κ3) is 2.40. The first-order valence-corrected chi connectivity index (χ1v) is 6.73. The van der Waals surface area contributed by atoms with Gasteiger partial charge < -0.3 is 19.5 Å². The Labute approximate surface area is 129 Å². The van der Waals surface area contributed by atoms with Gasteiger partial charge in [-0.05, 0) is 31.5 Å². The Morgan fingerprint density at radius 1 is 1.32 bits per heavy atom. The first-order chi connectivity index (χ1) is 10.4. The standard InChI is InChI=1S/C16H18N2O4/c1-10-12(8-17)15(19)18(16(10,2)20)9-11-5-6-13(21-3)14(7-11)22-4/h5-7,20H,9H2,1-4H3. The van der Waals surface area contributed by atoms with Crippen molar-refractivity contribution in [1.82, 2.24) is 4.90 Å². The predicted molar refractivity (Wildman–Crippen MR) is 79.0 cm³/mol. The van der Waals surface area contributed by atoms with Crippen molar-refractivity contribution in [2.45, 2.75) is 26.1 Å². The van der Waals surface area contributed by atoms with Crippen LogP contribution in [0.4, 0.5) is 0 Å². The summed E-state index contributed by atoms with van der Waals surface area (Å²) in [7, 11) is 3.07. The Morgan fingerprint density at radius 3 is 2.45 bits per heavy atom. The van der Waals surface area contributed by atoms with Gasteiger partial charge in [0.05, 0.1) is 14.2 Å². The SMILES string of the molecule is COc1ccc(CN2C(=O)C(C#N)=C(C)C2(C)O)cc1OC. The highest BCUT2D eigenvalue weighted by Crippen LogP contribution is 2.35. The molecule has 1 aromatic rings. The fourth-order valence-electron chi connectivity index (χ4n) is 2.45. The largest absolute Gasteiger partial charge is 0.493 e. The van der Waals surface area contributed by atoms with Crippen LogP contribution in [-0.2, 0) is 11.3 Å². The molecule has 6 nitrogen and oxygen atoms in total. The van der Waals surface area contributed by atoms with Crippen LogP contribution in [0.5, 0.6) is 11.5 Å². The van der Waals surface area contributed by atoms with Crippen LogP contribution >= 0.6 is 0 Å². The number of aliphatic hydroxyl groups is 1. The number of nitriles is 1. The number of hydrogen-bond acceptors (Lipinski definition) is 5. The van der Waals surface area contributed by atoms with E-state index in [1.54, 1.807) is 32.2 Å². The fraction of sp³-hybridized carbons (Fsp3) is 0.375. The molecule has 1 aromatic carbocycles. The smallest absolute Gasteiger partial charge is 0.267 e. The van der Waals surface area contributed by atoms with Gasteiger partial charge in [-0.1, -0.05) is 6.07 Å². The molecule has 0 spiro atoms. The van der Waals surface area contributed by atoms with Gasteiger partial charge in [0.1, 0.15) is 11.6 Å². The lowest BCUT2D eigenvalue weighted by molar-refractivity contribution is -0.141. The maximum atomic E-state index is 12.3. The van der Waals surface area contributed by atoms with Gasteiger partial charge in [0.2, 0.25) is 0 Å². The van der Waals surface area contributed by atoms with Gasteiger partial charge in [-0.3, -0.25) is 4.79 Å². The molecule has 1 aliphatic heterocycles. The number of carbonyl (C=O) groups is 1. The molecule has 0 bridgehead atoms. The molecule has 1 N–H and O–H groups in total. The molecule has 1 atom stereocenters. The maximum absolute atomic E-state index is 12.3. The maximum Gasteiger partial charge on any atom is 0.267 e. The van der Waals surface area contributed by atoms with E-state index in [9.17, 15) is 9.90 Å². The highest BCUT2D eigenvalue weighted by molar-refractivity contribution is 6.01. The van der Waals surface area contributed by atoms with E-state index in [-0.39, 0.29) is 12.1 Å². The number of benzene rings is 1. The molecule has 0 aliphatic carbocycles. The van der Waals surface area contributed by atoms with E-state index in [1.165, 1.54) is 18.9 Å². The molecule has 0 aromatic heterocycles. The van der Waals surface area contributed by atoms with Crippen LogP contribution in [0.25, 0.3) is 0 Å². The van der Waals surface area contributed by atoms with Crippen LogP contribution in [0.2, 0.25) is 0 Å². The van der Waals surface area contributed by atoms with Gasteiger partial charge in [-0.25, -0.2) is 0 Å². The lowest BCUT2D eigenvalue weighted by atomic mass is 10.1. The molecule has 0 radical (unpaired) electrons. The molecule has 0 fully saturated rings. The quantitative estimate of drug-likeness (QED) is 0.913. The number of ether oxygens (including phenoxy) is 2. The summed E-state index contributed by atoms with van der Waals surface area (Å²) in [5.74, 6) is 0.647. The molecule has 2 rings (SSSR count). The van der Waals surface area contributed by atoms with E-state index in [0.717, 1.165) is 5.56 Å². The van der Waals surface area contributed by atoms with Crippen LogP contribution < -0.4 is 9.47 Å². The van der Waals surface area contributed by atoms with E-state index < -0.39 is 11.6 Å². The lowest BCUT2D eigenvalue weighted by Crippen LogP contribution is -2.44. The molecular weight excluding hydrogens is 284 g/mol. The summed E-state index contributed by atoms with van der Waals surface area (Å²) >= 11 is 0. The van der Waals surface area contributed by atoms with Crippen molar-refractivity contribution in [3.05, 3.63) is 34.9 Å². The normalized spacial score (nSPS) is 21.1. The molecule has 0 saturated heterocycles. The van der Waals surface area contributed by atoms with Gasteiger partial charge in [0.25, 0.3) is 5.91 Å². The summed E-state index contributed by atoms with van der Waals surface area (Å²) in [6, 6.07) is 7.11. The van der Waals surface area contributed by atoms with Crippen LogP contribution in [0, 0.1) is 11.3 Å². The number of methoxy groups -OCH3 is 2. The number of amides is 1. The van der Waals surface area contributed by atoms with Crippen LogP contribution in [0.3, 0.4) is 0 Å². The zero-order valence-electron chi connectivity index (χ0n) is 13.0. The van der Waals surface area contributed by atoms with E-state index in [1.807, 2.05) is 6.07 Å². The second kappa shape index (κ2) is 5.70. The van der Waals surface area contributed by atoms with Crippen molar-refractivity contribution in [3.8, 4) is 17.6 Å². The van der Waals surface area contributed by atoms with Gasteiger partial charge in [-0.15, -0.1) is 0 Å². The molecule has 6 heteroatoms. The van der Waals surface area contributed by atoms with Crippen molar-refractivity contribution in [2.24, 2.45) is 0 Å². The molecule has 22 heavy (non-hydrogen) atoms. The molecule has 1 heterocycles. The van der Waals surface area contributed by atoms with E-state index in [2.05, 4.69) is 0 Å². The molecule has 0 saturated carbocycles. The van der Waals surface area contributed by atoms with Crippen molar-refractivity contribution >= 4 is 5.91 Å². The average Bonchev–Trinajstić information content (AvgIpc) is 2.67. The number of hydrogen-bond donors (Lipinski definition) is 1. The molecule has 1 aliphatic rings. The summed E-state index contributed by atoms with van der Waals surface area (Å²) in [5.41, 5.74) is -0.362. The van der Waals surface area contributed by atoms with E-state index in [4.69, 9.17) is 14.7 Å².